The molecule has 124 valence electrons. The van der Waals surface area contributed by atoms with Crippen molar-refractivity contribution in [2.24, 2.45) is 0 Å². The number of nitrogens with one attached hydrogen (secondary N) is 1. The van der Waals surface area contributed by atoms with E-state index in [4.69, 9.17) is 10.00 Å². The number of nitriles is 1. The zero-order valence-electron chi connectivity index (χ0n) is 13.9. The largest absolute Gasteiger partial charge is 0.481 e. The third-order valence-electron chi connectivity index (χ3n) is 3.95. The molecule has 0 aliphatic carbocycles. The number of ether oxygens (including phenoxy) is 1. The van der Waals surface area contributed by atoms with E-state index in [2.05, 4.69) is 23.5 Å². The third-order valence-corrected chi connectivity index (χ3v) is 3.95. The van der Waals surface area contributed by atoms with Gasteiger partial charge in [0.05, 0.1) is 11.6 Å². The minimum absolute atomic E-state index is 0.183. The van der Waals surface area contributed by atoms with Crippen molar-refractivity contribution in [1.29, 1.82) is 5.26 Å². The molecule has 3 aromatic rings. The maximum Gasteiger partial charge on any atom is 0.261 e. The zero-order chi connectivity index (χ0) is 17.6. The second-order valence-corrected chi connectivity index (χ2v) is 5.80. The van der Waals surface area contributed by atoms with Crippen LogP contribution in [0, 0.1) is 11.3 Å². The van der Waals surface area contributed by atoms with Crippen LogP contribution in [-0.2, 0) is 11.3 Å². The maximum absolute atomic E-state index is 12.2. The van der Waals surface area contributed by atoms with Gasteiger partial charge in [-0.3, -0.25) is 4.79 Å². The molecule has 0 aromatic heterocycles. The number of fused-ring (bicyclic) bond motifs is 1. The third kappa shape index (κ3) is 4.15. The van der Waals surface area contributed by atoms with Gasteiger partial charge in [0.2, 0.25) is 0 Å². The molecule has 1 atom stereocenters. The van der Waals surface area contributed by atoms with Crippen molar-refractivity contribution in [1.82, 2.24) is 5.32 Å². The topological polar surface area (TPSA) is 62.1 Å². The standard InChI is InChI=1S/C21H18N2O2/c1-15(25-20-10-7-16(13-22)8-11-20)21(24)23-14-17-6-9-18-4-2-3-5-19(18)12-17/h2-12,15H,14H2,1H3,(H,23,24). The van der Waals surface area contributed by atoms with Crippen molar-refractivity contribution >= 4 is 16.7 Å². The van der Waals surface area contributed by atoms with Crippen molar-refractivity contribution in [3.8, 4) is 11.8 Å². The fraction of sp³-hybridized carbons (Fsp3) is 0.143. The first-order valence-electron chi connectivity index (χ1n) is 8.08. The Balaban J connectivity index is 1.57. The van der Waals surface area contributed by atoms with E-state index in [1.807, 2.05) is 30.3 Å². The van der Waals surface area contributed by atoms with E-state index >= 15 is 0 Å². The molecule has 0 spiro atoms. The van der Waals surface area contributed by atoms with E-state index < -0.39 is 6.10 Å². The van der Waals surface area contributed by atoms with Gasteiger partial charge in [-0.2, -0.15) is 5.26 Å². The van der Waals surface area contributed by atoms with E-state index in [0.29, 0.717) is 17.9 Å². The highest BCUT2D eigenvalue weighted by Gasteiger charge is 2.14. The Morgan fingerprint density at radius 3 is 2.52 bits per heavy atom. The molecular formula is C21H18N2O2. The molecule has 1 N–H and O–H groups in total. The van der Waals surface area contributed by atoms with Gasteiger partial charge in [-0.1, -0.05) is 36.4 Å². The van der Waals surface area contributed by atoms with E-state index in [1.165, 1.54) is 5.39 Å². The van der Waals surface area contributed by atoms with Crippen LogP contribution in [0.2, 0.25) is 0 Å². The molecule has 0 bridgehead atoms. The van der Waals surface area contributed by atoms with Crippen LogP contribution < -0.4 is 10.1 Å². The fourth-order valence-electron chi connectivity index (χ4n) is 2.55. The number of carbonyl (C=O) groups is 1. The molecule has 4 heteroatoms. The van der Waals surface area contributed by atoms with Crippen LogP contribution in [0.25, 0.3) is 10.8 Å². The van der Waals surface area contributed by atoms with E-state index in [1.54, 1.807) is 31.2 Å². The highest BCUT2D eigenvalue weighted by Crippen LogP contribution is 2.16. The Bertz CT molecular complexity index is 927. The first-order valence-corrected chi connectivity index (χ1v) is 8.08. The Morgan fingerprint density at radius 2 is 1.80 bits per heavy atom. The minimum Gasteiger partial charge on any atom is -0.481 e. The van der Waals surface area contributed by atoms with Crippen LogP contribution in [-0.4, -0.2) is 12.0 Å². The van der Waals surface area contributed by atoms with Gasteiger partial charge < -0.3 is 10.1 Å². The lowest BCUT2D eigenvalue weighted by Crippen LogP contribution is -2.35. The van der Waals surface area contributed by atoms with Crippen LogP contribution in [0.15, 0.2) is 66.7 Å². The lowest BCUT2D eigenvalue weighted by Gasteiger charge is -2.15. The summed E-state index contributed by atoms with van der Waals surface area (Å²) in [7, 11) is 0. The van der Waals surface area contributed by atoms with Gasteiger partial charge in [0.15, 0.2) is 6.10 Å². The van der Waals surface area contributed by atoms with E-state index in [0.717, 1.165) is 10.9 Å². The molecule has 0 aliphatic heterocycles. The molecule has 1 amide bonds. The summed E-state index contributed by atoms with van der Waals surface area (Å²) >= 11 is 0. The van der Waals surface area contributed by atoms with Crippen molar-refractivity contribution < 1.29 is 9.53 Å². The summed E-state index contributed by atoms with van der Waals surface area (Å²) in [5, 5.41) is 14.0. The quantitative estimate of drug-likeness (QED) is 0.774. The fourth-order valence-corrected chi connectivity index (χ4v) is 2.55. The molecule has 0 saturated heterocycles. The Kier molecular flexibility index (Phi) is 4.96. The summed E-state index contributed by atoms with van der Waals surface area (Å²) in [6.45, 7) is 2.15. The summed E-state index contributed by atoms with van der Waals surface area (Å²) in [6, 6.07) is 23.0. The molecule has 25 heavy (non-hydrogen) atoms. The molecule has 0 saturated carbocycles. The lowest BCUT2D eigenvalue weighted by atomic mass is 10.1. The summed E-state index contributed by atoms with van der Waals surface area (Å²) in [4.78, 5) is 12.2. The van der Waals surface area contributed by atoms with Crippen LogP contribution in [0.3, 0.4) is 0 Å². The van der Waals surface area contributed by atoms with Crippen LogP contribution in [0.4, 0.5) is 0 Å². The number of nitrogens with zero attached hydrogens (tertiary/aromatic N) is 1. The van der Waals surface area contributed by atoms with Crippen molar-refractivity contribution in [2.45, 2.75) is 19.6 Å². The van der Waals surface area contributed by atoms with E-state index in [9.17, 15) is 4.79 Å². The smallest absolute Gasteiger partial charge is 0.261 e. The average Bonchev–Trinajstić information content (AvgIpc) is 2.66. The Labute approximate surface area is 146 Å². The lowest BCUT2D eigenvalue weighted by molar-refractivity contribution is -0.127. The van der Waals surface area contributed by atoms with Gasteiger partial charge >= 0.3 is 0 Å². The molecule has 3 aromatic carbocycles. The number of hydrogen-bond acceptors (Lipinski definition) is 3. The van der Waals surface area contributed by atoms with Crippen molar-refractivity contribution in [3.05, 3.63) is 77.9 Å². The Morgan fingerprint density at radius 1 is 1.08 bits per heavy atom. The van der Waals surface area contributed by atoms with Gasteiger partial charge in [-0.15, -0.1) is 0 Å². The molecule has 0 fully saturated rings. The predicted molar refractivity (Wildman–Crippen MR) is 97.0 cm³/mol. The highest BCUT2D eigenvalue weighted by molar-refractivity contribution is 5.83. The highest BCUT2D eigenvalue weighted by atomic mass is 16.5. The normalized spacial score (nSPS) is 11.5. The molecule has 0 heterocycles. The monoisotopic (exact) mass is 330 g/mol. The minimum atomic E-state index is -0.617. The van der Waals surface area contributed by atoms with Gasteiger partial charge in [-0.25, -0.2) is 0 Å². The van der Waals surface area contributed by atoms with Crippen molar-refractivity contribution in [3.63, 3.8) is 0 Å². The number of rotatable bonds is 5. The number of hydrogen-bond donors (Lipinski definition) is 1. The van der Waals surface area contributed by atoms with Gasteiger partial charge in [-0.05, 0) is 53.6 Å². The summed E-state index contributed by atoms with van der Waals surface area (Å²) < 4.78 is 5.61. The molecule has 4 nitrogen and oxygen atoms in total. The molecule has 1 unspecified atom stereocenters. The first kappa shape index (κ1) is 16.5. The molecule has 0 radical (unpaired) electrons. The van der Waals surface area contributed by atoms with Gasteiger partial charge in [0.25, 0.3) is 5.91 Å². The average molecular weight is 330 g/mol. The van der Waals surface area contributed by atoms with Gasteiger partial charge in [0.1, 0.15) is 5.75 Å². The SMILES string of the molecule is CC(Oc1ccc(C#N)cc1)C(=O)NCc1ccc2ccccc2c1. The van der Waals surface area contributed by atoms with Crippen molar-refractivity contribution in [2.75, 3.05) is 0 Å². The number of carbonyl (C=O) groups excluding carboxylic acids is 1. The van der Waals surface area contributed by atoms with Crippen LogP contribution in [0.5, 0.6) is 5.75 Å². The molecule has 3 rings (SSSR count). The predicted octanol–water partition coefficient (Wildman–Crippen LogP) is 3.80. The van der Waals surface area contributed by atoms with Crippen LogP contribution >= 0.6 is 0 Å². The second-order valence-electron chi connectivity index (χ2n) is 5.80. The second kappa shape index (κ2) is 7.50. The Hall–Kier alpha value is -3.32. The number of amides is 1. The van der Waals surface area contributed by atoms with Crippen LogP contribution in [0.1, 0.15) is 18.1 Å². The molecular weight excluding hydrogens is 312 g/mol. The summed E-state index contributed by atoms with van der Waals surface area (Å²) in [5.74, 6) is 0.380. The molecule has 0 aliphatic rings. The van der Waals surface area contributed by atoms with E-state index in [-0.39, 0.29) is 5.91 Å². The number of benzene rings is 3. The summed E-state index contributed by atoms with van der Waals surface area (Å²) in [5.41, 5.74) is 1.60. The zero-order valence-corrected chi connectivity index (χ0v) is 13.9. The maximum atomic E-state index is 12.2. The first-order chi connectivity index (χ1) is 12.2. The summed E-state index contributed by atoms with van der Waals surface area (Å²) in [6.07, 6.45) is -0.617. The van der Waals surface area contributed by atoms with Gasteiger partial charge in [0, 0.05) is 6.54 Å².